The fraction of sp³-hybridized carbons (Fsp3) is 0.733. The van der Waals surface area contributed by atoms with Gasteiger partial charge >= 0.3 is 0 Å². The predicted octanol–water partition coefficient (Wildman–Crippen LogP) is 3.22. The molecule has 17 heavy (non-hydrogen) atoms. The summed E-state index contributed by atoms with van der Waals surface area (Å²) in [7, 11) is 0. The lowest BCUT2D eigenvalue weighted by Crippen LogP contribution is -2.38. The van der Waals surface area contributed by atoms with E-state index in [-0.39, 0.29) is 11.5 Å². The fourth-order valence-corrected chi connectivity index (χ4v) is 2.85. The molecule has 2 rings (SSSR count). The van der Waals surface area contributed by atoms with Crippen molar-refractivity contribution in [1.29, 1.82) is 0 Å². The van der Waals surface area contributed by atoms with Crippen LogP contribution in [0, 0.1) is 5.41 Å². The lowest BCUT2D eigenvalue weighted by Gasteiger charge is -2.27. The molecule has 2 nitrogen and oxygen atoms in total. The first-order chi connectivity index (χ1) is 7.94. The van der Waals surface area contributed by atoms with E-state index in [4.69, 9.17) is 4.74 Å². The van der Waals surface area contributed by atoms with E-state index in [1.165, 1.54) is 5.57 Å². The third-order valence-electron chi connectivity index (χ3n) is 4.05. The van der Waals surface area contributed by atoms with Gasteiger partial charge in [0.05, 0.1) is 18.3 Å². The molecule has 0 amide bonds. The van der Waals surface area contributed by atoms with Crippen LogP contribution in [-0.4, -0.2) is 23.4 Å². The number of allylic oxidation sites excluding steroid dienone is 2. The Kier molecular flexibility index (Phi) is 3.46. The number of rotatable bonds is 3. The summed E-state index contributed by atoms with van der Waals surface area (Å²) in [5.74, 6) is 0. The molecule has 0 aromatic rings. The molecule has 96 valence electrons. The van der Waals surface area contributed by atoms with E-state index >= 15 is 0 Å². The summed E-state index contributed by atoms with van der Waals surface area (Å²) in [5, 5.41) is 10.3. The molecule has 3 atom stereocenters. The summed E-state index contributed by atoms with van der Waals surface area (Å²) >= 11 is 0. The van der Waals surface area contributed by atoms with Crippen molar-refractivity contribution in [2.24, 2.45) is 5.41 Å². The smallest absolute Gasteiger partial charge is 0.0914 e. The van der Waals surface area contributed by atoms with E-state index in [0.717, 1.165) is 25.9 Å². The van der Waals surface area contributed by atoms with Crippen molar-refractivity contribution in [1.82, 2.24) is 0 Å². The number of hydrogen-bond donors (Lipinski definition) is 1. The molecule has 1 aliphatic carbocycles. The minimum Gasteiger partial charge on any atom is -0.387 e. The second-order valence-corrected chi connectivity index (χ2v) is 6.15. The van der Waals surface area contributed by atoms with Gasteiger partial charge in [-0.15, -0.1) is 0 Å². The largest absolute Gasteiger partial charge is 0.387 e. The highest BCUT2D eigenvalue weighted by Gasteiger charge is 2.46. The zero-order valence-corrected chi connectivity index (χ0v) is 11.2. The second-order valence-electron chi connectivity index (χ2n) is 6.15. The summed E-state index contributed by atoms with van der Waals surface area (Å²) in [5.41, 5.74) is 0.851. The van der Waals surface area contributed by atoms with Gasteiger partial charge in [-0.2, -0.15) is 0 Å². The highest BCUT2D eigenvalue weighted by Crippen LogP contribution is 2.45. The number of ether oxygens (including phenoxy) is 1. The summed E-state index contributed by atoms with van der Waals surface area (Å²) in [4.78, 5) is 0. The lowest BCUT2D eigenvalue weighted by atomic mass is 9.80. The Bertz CT molecular complexity index is 337. The maximum Gasteiger partial charge on any atom is 0.0914 e. The van der Waals surface area contributed by atoms with Crippen molar-refractivity contribution in [3.05, 3.63) is 23.8 Å². The molecule has 2 aliphatic rings. The Morgan fingerprint density at radius 3 is 3.00 bits per heavy atom. The lowest BCUT2D eigenvalue weighted by molar-refractivity contribution is -0.0711. The SMILES string of the molecule is CC(C)=CCC[C@@]12C=CC[C@@](C)(O)[C@@H](C1)OC2. The molecule has 0 saturated carbocycles. The van der Waals surface area contributed by atoms with E-state index in [1.54, 1.807) is 0 Å². The zero-order chi connectivity index (χ0) is 12.5. The van der Waals surface area contributed by atoms with Gasteiger partial charge < -0.3 is 9.84 Å². The molecular weight excluding hydrogens is 212 g/mol. The standard InChI is InChI=1S/C15H24O2/c1-12(2)6-4-8-15-9-5-7-14(3,16)13(10-15)17-11-15/h5-6,9,13,16H,4,7-8,10-11H2,1-3H3/t13-,14-,15-/m1/s1. The van der Waals surface area contributed by atoms with Gasteiger partial charge in [-0.25, -0.2) is 0 Å². The third kappa shape index (κ3) is 2.80. The fourth-order valence-electron chi connectivity index (χ4n) is 2.85. The maximum atomic E-state index is 10.3. The van der Waals surface area contributed by atoms with Crippen LogP contribution in [0.1, 0.15) is 46.5 Å². The van der Waals surface area contributed by atoms with Crippen LogP contribution in [-0.2, 0) is 4.74 Å². The van der Waals surface area contributed by atoms with Crippen molar-refractivity contribution < 1.29 is 9.84 Å². The van der Waals surface area contributed by atoms with Gasteiger partial charge in [0.1, 0.15) is 0 Å². The van der Waals surface area contributed by atoms with Crippen molar-refractivity contribution in [2.45, 2.75) is 58.2 Å². The quantitative estimate of drug-likeness (QED) is 0.762. The van der Waals surface area contributed by atoms with Crippen molar-refractivity contribution in [2.75, 3.05) is 6.61 Å². The molecule has 1 saturated heterocycles. The molecule has 2 bridgehead atoms. The average Bonchev–Trinajstić information content (AvgIpc) is 2.57. The van der Waals surface area contributed by atoms with Crippen molar-refractivity contribution in [3.63, 3.8) is 0 Å². The van der Waals surface area contributed by atoms with E-state index in [9.17, 15) is 5.11 Å². The minimum absolute atomic E-state index is 0.00389. The number of aliphatic hydroxyl groups is 1. The van der Waals surface area contributed by atoms with Crippen LogP contribution in [0.4, 0.5) is 0 Å². The van der Waals surface area contributed by atoms with Gasteiger partial charge in [0.25, 0.3) is 0 Å². The Labute approximate surface area is 104 Å². The number of fused-ring (bicyclic) bond motifs is 2. The molecule has 0 unspecified atom stereocenters. The molecule has 1 aliphatic heterocycles. The Balaban J connectivity index is 2.05. The zero-order valence-electron chi connectivity index (χ0n) is 11.2. The summed E-state index contributed by atoms with van der Waals surface area (Å²) in [6, 6.07) is 0. The monoisotopic (exact) mass is 236 g/mol. The van der Waals surface area contributed by atoms with Gasteiger partial charge in [0.2, 0.25) is 0 Å². The molecular formula is C15H24O2. The third-order valence-corrected chi connectivity index (χ3v) is 4.05. The normalized spacial score (nSPS) is 40.1. The van der Waals surface area contributed by atoms with Crippen molar-refractivity contribution in [3.8, 4) is 0 Å². The molecule has 0 spiro atoms. The summed E-state index contributed by atoms with van der Waals surface area (Å²) < 4.78 is 5.81. The Morgan fingerprint density at radius 2 is 2.29 bits per heavy atom. The van der Waals surface area contributed by atoms with Gasteiger partial charge in [0, 0.05) is 5.41 Å². The number of hydrogen-bond acceptors (Lipinski definition) is 2. The minimum atomic E-state index is -0.689. The van der Waals surface area contributed by atoms with Crippen LogP contribution in [0.25, 0.3) is 0 Å². The predicted molar refractivity (Wildman–Crippen MR) is 69.8 cm³/mol. The molecule has 0 aromatic heterocycles. The summed E-state index contributed by atoms with van der Waals surface area (Å²) in [6.45, 7) is 6.93. The van der Waals surface area contributed by atoms with Crippen LogP contribution in [0.2, 0.25) is 0 Å². The maximum absolute atomic E-state index is 10.3. The van der Waals surface area contributed by atoms with Gasteiger partial charge in [-0.05, 0) is 46.5 Å². The molecule has 0 aromatic carbocycles. The van der Waals surface area contributed by atoms with E-state index in [2.05, 4.69) is 32.1 Å². The second kappa shape index (κ2) is 4.58. The van der Waals surface area contributed by atoms with Crippen LogP contribution in [0.15, 0.2) is 23.8 Å². The first kappa shape index (κ1) is 12.8. The van der Waals surface area contributed by atoms with E-state index < -0.39 is 5.60 Å². The molecule has 0 radical (unpaired) electrons. The highest BCUT2D eigenvalue weighted by molar-refractivity contribution is 5.13. The van der Waals surface area contributed by atoms with Crippen LogP contribution in [0.3, 0.4) is 0 Å². The van der Waals surface area contributed by atoms with Crippen LogP contribution >= 0.6 is 0 Å². The molecule has 2 heteroatoms. The molecule has 1 fully saturated rings. The molecule has 1 N–H and O–H groups in total. The van der Waals surface area contributed by atoms with Crippen molar-refractivity contribution >= 4 is 0 Å². The Morgan fingerprint density at radius 1 is 1.53 bits per heavy atom. The average molecular weight is 236 g/mol. The van der Waals surface area contributed by atoms with Gasteiger partial charge in [-0.1, -0.05) is 23.8 Å². The van der Waals surface area contributed by atoms with Crippen LogP contribution in [0.5, 0.6) is 0 Å². The Hall–Kier alpha value is -0.600. The highest BCUT2D eigenvalue weighted by atomic mass is 16.5. The summed E-state index contributed by atoms with van der Waals surface area (Å²) in [6.07, 6.45) is 10.6. The molecule has 1 heterocycles. The van der Waals surface area contributed by atoms with Gasteiger partial charge in [0.15, 0.2) is 0 Å². The van der Waals surface area contributed by atoms with Gasteiger partial charge in [-0.3, -0.25) is 0 Å². The first-order valence-corrected chi connectivity index (χ1v) is 6.59. The van der Waals surface area contributed by atoms with E-state index in [1.807, 2.05) is 6.92 Å². The van der Waals surface area contributed by atoms with Crippen LogP contribution < -0.4 is 0 Å². The van der Waals surface area contributed by atoms with E-state index in [0.29, 0.717) is 6.42 Å². The first-order valence-electron chi connectivity index (χ1n) is 6.59. The topological polar surface area (TPSA) is 29.5 Å².